The summed E-state index contributed by atoms with van der Waals surface area (Å²) in [5.74, 6) is -6.07. The van der Waals surface area contributed by atoms with Crippen molar-refractivity contribution >= 4 is 41.1 Å². The number of carbonyl (C=O) groups is 5. The Morgan fingerprint density at radius 1 is 0.897 bits per heavy atom. The van der Waals surface area contributed by atoms with Crippen LogP contribution in [0.2, 0.25) is 0 Å². The van der Waals surface area contributed by atoms with E-state index in [1.54, 1.807) is 19.1 Å². The average molecular weight is 552 g/mol. The van der Waals surface area contributed by atoms with Crippen LogP contribution in [0.3, 0.4) is 0 Å². The minimum Gasteiger partial charge on any atom is -0.478 e. The Labute approximate surface area is 227 Å². The van der Waals surface area contributed by atoms with Gasteiger partial charge in [-0.05, 0) is 61.6 Å². The van der Waals surface area contributed by atoms with Gasteiger partial charge < -0.3 is 25.0 Å². The number of amides is 1. The molecule has 3 N–H and O–H groups in total. The smallest absolute Gasteiger partial charge is 0.348 e. The second-order valence-corrected chi connectivity index (χ2v) is 10.1. The van der Waals surface area contributed by atoms with Crippen LogP contribution in [0.15, 0.2) is 48.5 Å². The molecule has 0 saturated heterocycles. The summed E-state index contributed by atoms with van der Waals surface area (Å²) in [7, 11) is 0. The van der Waals surface area contributed by atoms with E-state index in [-0.39, 0.29) is 13.2 Å². The predicted octanol–water partition coefficient (Wildman–Crippen LogP) is 4.74. The zero-order valence-electron chi connectivity index (χ0n) is 20.9. The molecular weight excluding hydrogens is 526 g/mol. The zero-order valence-corrected chi connectivity index (χ0v) is 21.7. The minimum absolute atomic E-state index is 0.00402. The van der Waals surface area contributed by atoms with Gasteiger partial charge in [0.25, 0.3) is 5.91 Å². The van der Waals surface area contributed by atoms with E-state index in [1.807, 2.05) is 24.3 Å². The van der Waals surface area contributed by atoms with Gasteiger partial charge in [0, 0.05) is 4.88 Å². The molecule has 0 spiro atoms. The van der Waals surface area contributed by atoms with Crippen LogP contribution in [0.25, 0.3) is 0 Å². The van der Waals surface area contributed by atoms with Crippen molar-refractivity contribution in [3.05, 3.63) is 91.7 Å². The van der Waals surface area contributed by atoms with Crippen LogP contribution < -0.4 is 0 Å². The monoisotopic (exact) mass is 551 g/mol. The van der Waals surface area contributed by atoms with Crippen LogP contribution in [0.1, 0.15) is 92.9 Å². The topological polar surface area (TPSA) is 159 Å². The molecule has 1 amide bonds. The number of carbonyl (C=O) groups excluding carboxylic acids is 2. The number of aryl methyl sites for hydroxylation is 1. The second kappa shape index (κ2) is 11.5. The molecule has 0 radical (unpaired) electrons. The number of hydrogen-bond donors (Lipinski definition) is 3. The number of thiophene rings is 1. The number of esters is 1. The van der Waals surface area contributed by atoms with Gasteiger partial charge in [0.05, 0.1) is 41.4 Å². The third kappa shape index (κ3) is 5.68. The van der Waals surface area contributed by atoms with E-state index < -0.39 is 58.1 Å². The normalized spacial score (nSPS) is 14.2. The molecule has 10 nitrogen and oxygen atoms in total. The Morgan fingerprint density at radius 3 is 2.15 bits per heavy atom. The molecule has 1 atom stereocenters. The van der Waals surface area contributed by atoms with Crippen molar-refractivity contribution in [2.75, 3.05) is 6.61 Å². The third-order valence-corrected chi connectivity index (χ3v) is 7.57. The number of aromatic carboxylic acids is 3. The maximum absolute atomic E-state index is 14.1. The largest absolute Gasteiger partial charge is 0.478 e. The maximum Gasteiger partial charge on any atom is 0.348 e. The lowest BCUT2D eigenvalue weighted by Gasteiger charge is -2.36. The number of rotatable bonds is 9. The first-order valence-electron chi connectivity index (χ1n) is 12.1. The van der Waals surface area contributed by atoms with Crippen molar-refractivity contribution in [3.63, 3.8) is 0 Å². The molecule has 0 saturated carbocycles. The molecule has 4 rings (SSSR count). The number of carboxylic acid groups (broad SMARTS) is 3. The van der Waals surface area contributed by atoms with Gasteiger partial charge in [0.2, 0.25) is 0 Å². The number of hydrogen-bond acceptors (Lipinski definition) is 7. The molecule has 0 fully saturated rings. The van der Waals surface area contributed by atoms with Crippen molar-refractivity contribution in [2.45, 2.75) is 38.8 Å². The molecular formula is C28H25NO9S. The summed E-state index contributed by atoms with van der Waals surface area (Å²) < 4.78 is 5.06. The fraction of sp³-hybridized carbons (Fsp3) is 0.250. The van der Waals surface area contributed by atoms with E-state index in [0.29, 0.717) is 22.2 Å². The second-order valence-electron chi connectivity index (χ2n) is 8.89. The van der Waals surface area contributed by atoms with Crippen molar-refractivity contribution in [1.29, 1.82) is 0 Å². The van der Waals surface area contributed by atoms with Crippen LogP contribution in [0.5, 0.6) is 0 Å². The molecule has 11 heteroatoms. The Bertz CT molecular complexity index is 1480. The molecule has 202 valence electrons. The lowest BCUT2D eigenvalue weighted by Crippen LogP contribution is -2.37. The van der Waals surface area contributed by atoms with Crippen LogP contribution in [0, 0.1) is 0 Å². The van der Waals surface area contributed by atoms with Gasteiger partial charge in [-0.3, -0.25) is 4.79 Å². The van der Waals surface area contributed by atoms with Crippen molar-refractivity contribution < 1.29 is 44.0 Å². The highest BCUT2D eigenvalue weighted by atomic mass is 32.1. The Morgan fingerprint density at radius 2 is 1.51 bits per heavy atom. The van der Waals surface area contributed by atoms with Gasteiger partial charge in [-0.15, -0.1) is 11.3 Å². The molecule has 1 heterocycles. The van der Waals surface area contributed by atoms with Crippen LogP contribution in [-0.4, -0.2) is 56.6 Å². The highest BCUT2D eigenvalue weighted by Crippen LogP contribution is 2.37. The molecule has 0 unspecified atom stereocenters. The van der Waals surface area contributed by atoms with E-state index in [9.17, 15) is 39.3 Å². The summed E-state index contributed by atoms with van der Waals surface area (Å²) in [6, 6.07) is 11.9. The maximum atomic E-state index is 14.1. The van der Waals surface area contributed by atoms with Crippen LogP contribution in [0.4, 0.5) is 0 Å². The fourth-order valence-corrected chi connectivity index (χ4v) is 5.68. The van der Waals surface area contributed by atoms with Gasteiger partial charge >= 0.3 is 23.9 Å². The van der Waals surface area contributed by atoms with Crippen LogP contribution in [-0.2, 0) is 17.7 Å². The van der Waals surface area contributed by atoms with E-state index in [1.165, 1.54) is 4.90 Å². The Hall–Kier alpha value is -4.51. The Balaban J connectivity index is 1.85. The van der Waals surface area contributed by atoms with Gasteiger partial charge in [0.15, 0.2) is 0 Å². The van der Waals surface area contributed by atoms with Gasteiger partial charge in [-0.2, -0.15) is 0 Å². The standard InChI is InChI=1S/C28H25NO9S/c1-2-38-28(37)23-11-10-16(39-23)14-29(22-9-5-7-15-6-3-4-8-17(15)22)24(30)18-12-20(26(33)34)21(27(35)36)13-19(18)25(31)32/h3-4,6,8,10-13,22H,2,5,7,9,14H2,1H3,(H,31,32)(H,33,34)(H,35,36)/t22-/m0/s1. The number of ether oxygens (including phenoxy) is 1. The van der Waals surface area contributed by atoms with Crippen molar-refractivity contribution in [3.8, 4) is 0 Å². The summed E-state index contributed by atoms with van der Waals surface area (Å²) >= 11 is 1.14. The van der Waals surface area contributed by atoms with Crippen molar-refractivity contribution in [1.82, 2.24) is 4.90 Å². The van der Waals surface area contributed by atoms with E-state index in [0.717, 1.165) is 41.4 Å². The highest BCUT2D eigenvalue weighted by molar-refractivity contribution is 7.13. The summed E-state index contributed by atoms with van der Waals surface area (Å²) in [6.45, 7) is 1.89. The van der Waals surface area contributed by atoms with Crippen molar-refractivity contribution in [2.24, 2.45) is 0 Å². The molecule has 1 aliphatic carbocycles. The predicted molar refractivity (Wildman–Crippen MR) is 140 cm³/mol. The number of nitrogens with zero attached hydrogens (tertiary/aromatic N) is 1. The van der Waals surface area contributed by atoms with Gasteiger partial charge in [0.1, 0.15) is 4.88 Å². The highest BCUT2D eigenvalue weighted by Gasteiger charge is 2.34. The SMILES string of the molecule is CCOC(=O)c1ccc(CN(C(=O)c2cc(C(=O)O)c(C(=O)O)cc2C(=O)O)[C@H]2CCCc3ccccc32)s1. The summed E-state index contributed by atoms with van der Waals surface area (Å²) in [4.78, 5) is 64.4. The lowest BCUT2D eigenvalue weighted by atomic mass is 9.86. The molecule has 1 aromatic heterocycles. The molecule has 0 bridgehead atoms. The number of carboxylic acids is 3. The molecule has 1 aliphatic rings. The van der Waals surface area contributed by atoms with E-state index in [4.69, 9.17) is 4.74 Å². The average Bonchev–Trinajstić information content (AvgIpc) is 3.39. The number of benzene rings is 2. The minimum atomic E-state index is -1.63. The summed E-state index contributed by atoms with van der Waals surface area (Å²) in [6.07, 6.45) is 2.13. The first-order valence-corrected chi connectivity index (χ1v) is 13.0. The van der Waals surface area contributed by atoms with E-state index >= 15 is 0 Å². The van der Waals surface area contributed by atoms with Gasteiger partial charge in [-0.1, -0.05) is 24.3 Å². The molecule has 3 aromatic rings. The molecule has 0 aliphatic heterocycles. The fourth-order valence-electron chi connectivity index (χ4n) is 4.78. The summed E-state index contributed by atoms with van der Waals surface area (Å²) in [5.41, 5.74) is -0.554. The Kier molecular flexibility index (Phi) is 8.10. The first kappa shape index (κ1) is 27.5. The van der Waals surface area contributed by atoms with Crippen LogP contribution >= 0.6 is 11.3 Å². The number of fused-ring (bicyclic) bond motifs is 1. The molecule has 39 heavy (non-hydrogen) atoms. The lowest BCUT2D eigenvalue weighted by molar-refractivity contribution is 0.0530. The summed E-state index contributed by atoms with van der Waals surface area (Å²) in [5, 5.41) is 28.9. The quantitative estimate of drug-likeness (QED) is 0.319. The van der Waals surface area contributed by atoms with Gasteiger partial charge in [-0.25, -0.2) is 19.2 Å². The van der Waals surface area contributed by atoms with E-state index in [2.05, 4.69) is 0 Å². The molecule has 2 aromatic carbocycles. The zero-order chi connectivity index (χ0) is 28.3. The first-order chi connectivity index (χ1) is 18.6. The third-order valence-electron chi connectivity index (χ3n) is 6.52.